The first-order valence-corrected chi connectivity index (χ1v) is 11.7. The van der Waals surface area contributed by atoms with Gasteiger partial charge in [0.1, 0.15) is 16.5 Å². The van der Waals surface area contributed by atoms with Gasteiger partial charge in [0.25, 0.3) is 10.0 Å². The molecule has 3 rings (SSSR count). The molecule has 0 amide bonds. The topological polar surface area (TPSA) is 86.4 Å². The van der Waals surface area contributed by atoms with Crippen LogP contribution in [-0.2, 0) is 10.0 Å². The molecule has 0 fully saturated rings. The minimum atomic E-state index is -4.21. The molecule has 7 nitrogen and oxygen atoms in total. The predicted octanol–water partition coefficient (Wildman–Crippen LogP) is 4.38. The highest BCUT2D eigenvalue weighted by Gasteiger charge is 2.22. The number of likely N-dealkylation sites (N-methyl/N-ethyl adjacent to an activating group) is 2. The molecule has 0 bridgehead atoms. The van der Waals surface area contributed by atoms with Crippen LogP contribution >= 0.6 is 11.6 Å². The number of rotatable bonds is 9. The highest BCUT2D eigenvalue weighted by Crippen LogP contribution is 2.34. The maximum Gasteiger partial charge on any atom is 0.266 e. The highest BCUT2D eigenvalue weighted by atomic mass is 35.5. The molecule has 0 aliphatic rings. The highest BCUT2D eigenvalue weighted by molar-refractivity contribution is 7.92. The zero-order valence-corrected chi connectivity index (χ0v) is 19.6. The maximum absolute atomic E-state index is 14.9. The summed E-state index contributed by atoms with van der Waals surface area (Å²) in [4.78, 5) is 5.40. The Labute approximate surface area is 192 Å². The van der Waals surface area contributed by atoms with Gasteiger partial charge in [-0.25, -0.2) is 17.8 Å². The SMILES string of the molecule is CNCCN(C)c1cc(C)ccc1Nc1cc(F)c(S(=O)(=O)Nc2ccccn2)cc1Cl. The van der Waals surface area contributed by atoms with E-state index in [2.05, 4.69) is 25.2 Å². The lowest BCUT2D eigenvalue weighted by atomic mass is 10.1. The molecule has 2 aromatic carbocycles. The molecule has 32 heavy (non-hydrogen) atoms. The maximum atomic E-state index is 14.9. The lowest BCUT2D eigenvalue weighted by Crippen LogP contribution is -2.27. The van der Waals surface area contributed by atoms with Crippen molar-refractivity contribution in [3.63, 3.8) is 0 Å². The first-order valence-electron chi connectivity index (χ1n) is 9.87. The molecule has 0 saturated heterocycles. The molecule has 3 N–H and O–H groups in total. The molecule has 3 aromatic rings. The van der Waals surface area contributed by atoms with Gasteiger partial charge in [0, 0.05) is 32.4 Å². The Bertz CT molecular complexity index is 1190. The Kier molecular flexibility index (Phi) is 7.55. The molecule has 0 spiro atoms. The number of nitrogens with zero attached hydrogens (tertiary/aromatic N) is 2. The van der Waals surface area contributed by atoms with Gasteiger partial charge in [-0.1, -0.05) is 23.7 Å². The van der Waals surface area contributed by atoms with Crippen molar-refractivity contribution in [2.45, 2.75) is 11.8 Å². The molecular formula is C22H25ClFN5O2S. The van der Waals surface area contributed by atoms with Gasteiger partial charge in [0.05, 0.1) is 22.1 Å². The van der Waals surface area contributed by atoms with E-state index < -0.39 is 20.7 Å². The van der Waals surface area contributed by atoms with E-state index in [1.807, 2.05) is 39.2 Å². The fourth-order valence-corrected chi connectivity index (χ4v) is 4.42. The summed E-state index contributed by atoms with van der Waals surface area (Å²) < 4.78 is 42.4. The van der Waals surface area contributed by atoms with Gasteiger partial charge in [-0.3, -0.25) is 4.72 Å². The molecule has 0 aliphatic carbocycles. The lowest BCUT2D eigenvalue weighted by molar-refractivity contribution is 0.570. The number of hydrogen-bond donors (Lipinski definition) is 3. The van der Waals surface area contributed by atoms with Crippen LogP contribution in [0.4, 0.5) is 27.3 Å². The van der Waals surface area contributed by atoms with Crippen LogP contribution in [0.3, 0.4) is 0 Å². The van der Waals surface area contributed by atoms with Crippen molar-refractivity contribution < 1.29 is 12.8 Å². The molecule has 0 saturated carbocycles. The van der Waals surface area contributed by atoms with Gasteiger partial charge in [-0.2, -0.15) is 0 Å². The van der Waals surface area contributed by atoms with Crippen molar-refractivity contribution in [2.75, 3.05) is 42.1 Å². The number of aromatic nitrogens is 1. The Morgan fingerprint density at radius 3 is 2.59 bits per heavy atom. The Morgan fingerprint density at radius 1 is 1.12 bits per heavy atom. The minimum absolute atomic E-state index is 0.0669. The van der Waals surface area contributed by atoms with Gasteiger partial charge < -0.3 is 15.5 Å². The predicted molar refractivity (Wildman–Crippen MR) is 128 cm³/mol. The average Bonchev–Trinajstić information content (AvgIpc) is 2.75. The summed E-state index contributed by atoms with van der Waals surface area (Å²) in [6, 6.07) is 12.7. The smallest absolute Gasteiger partial charge is 0.266 e. The monoisotopic (exact) mass is 477 g/mol. The molecule has 0 atom stereocenters. The van der Waals surface area contributed by atoms with Crippen LogP contribution in [0, 0.1) is 12.7 Å². The standard InChI is InChI=1S/C22H25ClFN5O2S/c1-15-7-8-18(20(12-15)29(3)11-10-25-2)27-19-14-17(24)21(13-16(19)23)32(30,31)28-22-6-4-5-9-26-22/h4-9,12-14,25,27H,10-11H2,1-3H3,(H,26,28). The largest absolute Gasteiger partial charge is 0.372 e. The van der Waals surface area contributed by atoms with E-state index in [0.717, 1.165) is 42.2 Å². The summed E-state index contributed by atoms with van der Waals surface area (Å²) in [5, 5.41) is 6.31. The summed E-state index contributed by atoms with van der Waals surface area (Å²) in [7, 11) is -0.373. The van der Waals surface area contributed by atoms with Crippen LogP contribution in [0.2, 0.25) is 5.02 Å². The Hall–Kier alpha value is -2.88. The average molecular weight is 478 g/mol. The molecular weight excluding hydrogens is 453 g/mol. The van der Waals surface area contributed by atoms with Gasteiger partial charge in [0.15, 0.2) is 0 Å². The first kappa shape index (κ1) is 23.8. The summed E-state index contributed by atoms with van der Waals surface area (Å²) in [6.07, 6.45) is 1.43. The number of benzene rings is 2. The fraction of sp³-hybridized carbons (Fsp3) is 0.227. The van der Waals surface area contributed by atoms with E-state index in [1.54, 1.807) is 12.1 Å². The van der Waals surface area contributed by atoms with Crippen LogP contribution < -0.4 is 20.3 Å². The Morgan fingerprint density at radius 2 is 1.91 bits per heavy atom. The second-order valence-corrected chi connectivity index (χ2v) is 9.31. The second-order valence-electron chi connectivity index (χ2n) is 7.25. The van der Waals surface area contributed by atoms with Crippen molar-refractivity contribution in [3.8, 4) is 0 Å². The van der Waals surface area contributed by atoms with Crippen LogP contribution in [-0.4, -0.2) is 40.6 Å². The molecule has 0 aliphatic heterocycles. The van der Waals surface area contributed by atoms with Crippen molar-refractivity contribution in [1.82, 2.24) is 10.3 Å². The van der Waals surface area contributed by atoms with Gasteiger partial charge in [-0.15, -0.1) is 0 Å². The number of halogens is 2. The molecule has 10 heteroatoms. The third kappa shape index (κ3) is 5.67. The van der Waals surface area contributed by atoms with E-state index in [-0.39, 0.29) is 16.5 Å². The third-order valence-electron chi connectivity index (χ3n) is 4.75. The van der Waals surface area contributed by atoms with E-state index in [4.69, 9.17) is 11.6 Å². The van der Waals surface area contributed by atoms with Crippen molar-refractivity contribution >= 4 is 44.5 Å². The lowest BCUT2D eigenvalue weighted by Gasteiger charge is -2.24. The first-order chi connectivity index (χ1) is 15.2. The third-order valence-corrected chi connectivity index (χ3v) is 6.43. The van der Waals surface area contributed by atoms with Crippen LogP contribution in [0.1, 0.15) is 5.56 Å². The Balaban J connectivity index is 1.91. The van der Waals surface area contributed by atoms with Crippen molar-refractivity contribution in [2.24, 2.45) is 0 Å². The zero-order valence-electron chi connectivity index (χ0n) is 18.0. The normalized spacial score (nSPS) is 11.3. The number of sulfonamides is 1. The van der Waals surface area contributed by atoms with Gasteiger partial charge in [-0.05, 0) is 49.9 Å². The number of anilines is 4. The van der Waals surface area contributed by atoms with Crippen LogP contribution in [0.15, 0.2) is 59.6 Å². The number of hydrogen-bond acceptors (Lipinski definition) is 6. The summed E-state index contributed by atoms with van der Waals surface area (Å²) >= 11 is 6.35. The van der Waals surface area contributed by atoms with Gasteiger partial charge in [0.2, 0.25) is 0 Å². The van der Waals surface area contributed by atoms with Crippen LogP contribution in [0.25, 0.3) is 0 Å². The number of nitrogens with one attached hydrogen (secondary N) is 3. The zero-order chi connectivity index (χ0) is 23.3. The fourth-order valence-electron chi connectivity index (χ4n) is 3.05. The van der Waals surface area contributed by atoms with Crippen molar-refractivity contribution in [3.05, 3.63) is 71.1 Å². The molecule has 1 aromatic heterocycles. The van der Waals surface area contributed by atoms with E-state index >= 15 is 0 Å². The van der Waals surface area contributed by atoms with Gasteiger partial charge >= 0.3 is 0 Å². The quantitative estimate of drug-likeness (QED) is 0.424. The van der Waals surface area contributed by atoms with Crippen molar-refractivity contribution in [1.29, 1.82) is 0 Å². The van der Waals surface area contributed by atoms with E-state index in [9.17, 15) is 12.8 Å². The van der Waals surface area contributed by atoms with E-state index in [0.29, 0.717) is 0 Å². The molecule has 170 valence electrons. The number of pyridine rings is 1. The molecule has 1 heterocycles. The summed E-state index contributed by atoms with van der Waals surface area (Å²) in [5.41, 5.74) is 2.96. The van der Waals surface area contributed by atoms with E-state index in [1.165, 1.54) is 12.3 Å². The summed E-state index contributed by atoms with van der Waals surface area (Å²) in [6.45, 7) is 3.53. The summed E-state index contributed by atoms with van der Waals surface area (Å²) in [5.74, 6) is -0.850. The van der Waals surface area contributed by atoms with Crippen LogP contribution in [0.5, 0.6) is 0 Å². The molecule has 0 radical (unpaired) electrons. The second kappa shape index (κ2) is 10.2. The minimum Gasteiger partial charge on any atom is -0.372 e. The number of aryl methyl sites for hydroxylation is 1. The molecule has 0 unspecified atom stereocenters.